The highest BCUT2D eigenvalue weighted by Gasteiger charge is 2.20. The number of rotatable bonds is 6. The highest BCUT2D eigenvalue weighted by Crippen LogP contribution is 2.34. The van der Waals surface area contributed by atoms with Gasteiger partial charge in [0.25, 0.3) is 0 Å². The van der Waals surface area contributed by atoms with Gasteiger partial charge in [-0.25, -0.2) is 14.2 Å². The Morgan fingerprint density at radius 1 is 1.22 bits per heavy atom. The number of fused-ring (bicyclic) bond motifs is 1. The summed E-state index contributed by atoms with van der Waals surface area (Å²) in [6.45, 7) is 2.34. The molecule has 0 N–H and O–H groups in total. The van der Waals surface area contributed by atoms with Crippen LogP contribution >= 0.6 is 27.5 Å². The van der Waals surface area contributed by atoms with Crippen molar-refractivity contribution in [2.45, 2.75) is 19.8 Å². The predicted octanol–water partition coefficient (Wildman–Crippen LogP) is 6.54. The first kappa shape index (κ1) is 19.6. The number of ether oxygens (including phenoxy) is 2. The van der Waals surface area contributed by atoms with Gasteiger partial charge in [0.15, 0.2) is 0 Å². The van der Waals surface area contributed by atoms with Crippen LogP contribution in [-0.4, -0.2) is 17.6 Å². The molecule has 0 aliphatic rings. The van der Waals surface area contributed by atoms with Crippen molar-refractivity contribution in [1.29, 1.82) is 0 Å². The topological polar surface area (TPSA) is 48.4 Å². The molecule has 2 aromatic carbocycles. The minimum Gasteiger partial charge on any atom is -0.462 e. The highest BCUT2D eigenvalue weighted by atomic mass is 79.9. The smallest absolute Gasteiger partial charge is 0.342 e. The second kappa shape index (κ2) is 8.67. The summed E-state index contributed by atoms with van der Waals surface area (Å²) in [7, 11) is 0. The van der Waals surface area contributed by atoms with E-state index in [1.807, 2.05) is 6.92 Å². The van der Waals surface area contributed by atoms with Gasteiger partial charge in [-0.2, -0.15) is 0 Å². The number of carbonyl (C=O) groups excluding carboxylic acids is 1. The number of halogens is 3. The highest BCUT2D eigenvalue weighted by molar-refractivity contribution is 9.10. The number of unbranched alkanes of at least 4 members (excludes halogenated alkanes) is 1. The van der Waals surface area contributed by atoms with Crippen LogP contribution in [0.4, 0.5) is 4.39 Å². The molecule has 3 aromatic rings. The van der Waals surface area contributed by atoms with Crippen molar-refractivity contribution in [2.24, 2.45) is 0 Å². The first-order chi connectivity index (χ1) is 13.0. The van der Waals surface area contributed by atoms with E-state index in [1.165, 1.54) is 12.1 Å². The van der Waals surface area contributed by atoms with E-state index in [0.717, 1.165) is 12.8 Å². The number of carbonyl (C=O) groups is 1. The summed E-state index contributed by atoms with van der Waals surface area (Å²) >= 11 is 9.72. The number of aromatic nitrogens is 1. The summed E-state index contributed by atoms with van der Waals surface area (Å²) < 4.78 is 24.5. The lowest BCUT2D eigenvalue weighted by Gasteiger charge is -2.11. The first-order valence-electron chi connectivity index (χ1n) is 8.39. The molecule has 0 atom stereocenters. The van der Waals surface area contributed by atoms with Gasteiger partial charge in [-0.05, 0) is 46.6 Å². The number of esters is 1. The fourth-order valence-corrected chi connectivity index (χ4v) is 3.45. The number of benzene rings is 2. The fourth-order valence-electron chi connectivity index (χ4n) is 2.46. The molecule has 0 aliphatic heterocycles. The zero-order valence-corrected chi connectivity index (χ0v) is 16.8. The Hall–Kier alpha value is -2.18. The molecular weight excluding hydrogens is 437 g/mol. The van der Waals surface area contributed by atoms with E-state index in [-0.39, 0.29) is 16.4 Å². The zero-order chi connectivity index (χ0) is 19.4. The number of nitrogens with zero attached hydrogens (tertiary/aromatic N) is 1. The molecule has 1 heterocycles. The van der Waals surface area contributed by atoms with Gasteiger partial charge in [-0.1, -0.05) is 31.0 Å². The lowest BCUT2D eigenvalue weighted by Crippen LogP contribution is -2.09. The Labute approximate surface area is 169 Å². The molecule has 0 spiro atoms. The van der Waals surface area contributed by atoms with Crippen LogP contribution in [0.15, 0.2) is 47.1 Å². The van der Waals surface area contributed by atoms with E-state index in [4.69, 9.17) is 21.1 Å². The van der Waals surface area contributed by atoms with Gasteiger partial charge >= 0.3 is 5.97 Å². The maximum Gasteiger partial charge on any atom is 0.342 e. The molecule has 0 saturated heterocycles. The lowest BCUT2D eigenvalue weighted by atomic mass is 10.1. The van der Waals surface area contributed by atoms with E-state index in [9.17, 15) is 9.18 Å². The standard InChI is InChI=1S/C20H16BrClFNO3/c1-2-3-9-26-20(25)17-18(22)15-8-7-14(11-16(15)24-19(17)21)27-13-6-4-5-12(23)10-13/h4-8,10-11H,2-3,9H2,1H3. The van der Waals surface area contributed by atoms with Crippen LogP contribution in [0.25, 0.3) is 10.9 Å². The van der Waals surface area contributed by atoms with Crippen LogP contribution in [0.2, 0.25) is 5.02 Å². The molecule has 0 amide bonds. The van der Waals surface area contributed by atoms with Crippen molar-refractivity contribution >= 4 is 44.4 Å². The summed E-state index contributed by atoms with van der Waals surface area (Å²) in [4.78, 5) is 16.7. The molecule has 7 heteroatoms. The quantitative estimate of drug-likeness (QED) is 0.242. The number of hydrogen-bond acceptors (Lipinski definition) is 4. The summed E-state index contributed by atoms with van der Waals surface area (Å²) in [6, 6.07) is 10.9. The summed E-state index contributed by atoms with van der Waals surface area (Å²) in [6.07, 6.45) is 1.70. The maximum absolute atomic E-state index is 13.3. The van der Waals surface area contributed by atoms with E-state index >= 15 is 0 Å². The molecule has 0 unspecified atom stereocenters. The van der Waals surface area contributed by atoms with E-state index in [0.29, 0.717) is 33.6 Å². The van der Waals surface area contributed by atoms with Crippen LogP contribution in [0, 0.1) is 5.82 Å². The first-order valence-corrected chi connectivity index (χ1v) is 9.56. The third-order valence-electron chi connectivity index (χ3n) is 3.82. The Morgan fingerprint density at radius 2 is 2.00 bits per heavy atom. The minimum absolute atomic E-state index is 0.194. The average Bonchev–Trinajstić information content (AvgIpc) is 2.61. The van der Waals surface area contributed by atoms with Crippen LogP contribution in [-0.2, 0) is 4.74 Å². The van der Waals surface area contributed by atoms with E-state index in [2.05, 4.69) is 20.9 Å². The van der Waals surface area contributed by atoms with Crippen molar-refractivity contribution in [3.63, 3.8) is 0 Å². The van der Waals surface area contributed by atoms with E-state index in [1.54, 1.807) is 30.3 Å². The second-order valence-electron chi connectivity index (χ2n) is 5.82. The third-order valence-corrected chi connectivity index (χ3v) is 4.78. The Balaban J connectivity index is 1.92. The van der Waals surface area contributed by atoms with E-state index < -0.39 is 5.97 Å². The third kappa shape index (κ3) is 4.57. The normalized spacial score (nSPS) is 10.8. The van der Waals surface area contributed by atoms with Crippen molar-refractivity contribution < 1.29 is 18.7 Å². The largest absolute Gasteiger partial charge is 0.462 e. The molecule has 1 aromatic heterocycles. The van der Waals surface area contributed by atoms with Gasteiger partial charge in [0.1, 0.15) is 27.5 Å². The van der Waals surface area contributed by atoms with Crippen molar-refractivity contribution in [3.05, 3.63) is 63.5 Å². The van der Waals surface area contributed by atoms with Gasteiger partial charge in [-0.3, -0.25) is 0 Å². The zero-order valence-electron chi connectivity index (χ0n) is 14.5. The Kier molecular flexibility index (Phi) is 6.29. The molecular formula is C20H16BrClFNO3. The predicted molar refractivity (Wildman–Crippen MR) is 106 cm³/mol. The summed E-state index contributed by atoms with van der Waals surface area (Å²) in [5.41, 5.74) is 0.727. The number of hydrogen-bond donors (Lipinski definition) is 0. The van der Waals surface area contributed by atoms with Gasteiger partial charge < -0.3 is 9.47 Å². The van der Waals surface area contributed by atoms with Crippen LogP contribution in [0.1, 0.15) is 30.1 Å². The maximum atomic E-state index is 13.3. The second-order valence-corrected chi connectivity index (χ2v) is 6.95. The monoisotopic (exact) mass is 451 g/mol. The molecule has 27 heavy (non-hydrogen) atoms. The van der Waals surface area contributed by atoms with Crippen LogP contribution in [0.3, 0.4) is 0 Å². The molecule has 0 fully saturated rings. The SMILES string of the molecule is CCCCOC(=O)c1c(Br)nc2cc(Oc3cccc(F)c3)ccc2c1Cl. The molecule has 0 saturated carbocycles. The lowest BCUT2D eigenvalue weighted by molar-refractivity contribution is 0.0498. The Bertz CT molecular complexity index is 996. The molecule has 140 valence electrons. The van der Waals surface area contributed by atoms with Crippen LogP contribution < -0.4 is 4.74 Å². The average molecular weight is 453 g/mol. The fraction of sp³-hybridized carbons (Fsp3) is 0.200. The van der Waals surface area contributed by atoms with Crippen molar-refractivity contribution in [2.75, 3.05) is 6.61 Å². The van der Waals surface area contributed by atoms with Gasteiger partial charge in [0, 0.05) is 17.5 Å². The summed E-state index contributed by atoms with van der Waals surface area (Å²) in [5, 5.41) is 0.847. The van der Waals surface area contributed by atoms with Crippen molar-refractivity contribution in [3.8, 4) is 11.5 Å². The molecule has 0 bridgehead atoms. The molecule has 0 radical (unpaired) electrons. The molecule has 4 nitrogen and oxygen atoms in total. The summed E-state index contributed by atoms with van der Waals surface area (Å²) in [5.74, 6) is -0.0595. The van der Waals surface area contributed by atoms with Crippen molar-refractivity contribution in [1.82, 2.24) is 4.98 Å². The Morgan fingerprint density at radius 3 is 2.74 bits per heavy atom. The number of pyridine rings is 1. The van der Waals surface area contributed by atoms with Gasteiger partial charge in [0.05, 0.1) is 17.1 Å². The van der Waals surface area contributed by atoms with Gasteiger partial charge in [-0.15, -0.1) is 0 Å². The minimum atomic E-state index is -0.519. The van der Waals surface area contributed by atoms with Gasteiger partial charge in [0.2, 0.25) is 0 Å². The molecule has 0 aliphatic carbocycles. The van der Waals surface area contributed by atoms with Crippen LogP contribution in [0.5, 0.6) is 11.5 Å². The molecule has 3 rings (SSSR count).